The van der Waals surface area contributed by atoms with Crippen LogP contribution >= 0.6 is 0 Å². The molecular weight excluding hydrogens is 244 g/mol. The van der Waals surface area contributed by atoms with Gasteiger partial charge in [-0.15, -0.1) is 0 Å². The molecule has 0 atom stereocenters. The van der Waals surface area contributed by atoms with E-state index in [0.717, 1.165) is 24.4 Å². The first-order valence-corrected chi connectivity index (χ1v) is 9.07. The van der Waals surface area contributed by atoms with Crippen LogP contribution in [0.1, 0.15) is 78.1 Å². The molecule has 1 heteroatoms. The smallest absolute Gasteiger partial charge is 0.0575 e. The van der Waals surface area contributed by atoms with Gasteiger partial charge >= 0.3 is 0 Å². The highest BCUT2D eigenvalue weighted by Crippen LogP contribution is 2.40. The summed E-state index contributed by atoms with van der Waals surface area (Å²) in [4.78, 5) is 0. The largest absolute Gasteiger partial charge is 0.378 e. The first kappa shape index (κ1) is 16.1. The van der Waals surface area contributed by atoms with Crippen LogP contribution in [-0.4, -0.2) is 12.7 Å². The van der Waals surface area contributed by atoms with E-state index in [0.29, 0.717) is 6.10 Å². The van der Waals surface area contributed by atoms with Crippen LogP contribution in [0, 0.1) is 17.8 Å². The zero-order valence-electron chi connectivity index (χ0n) is 13.7. The maximum atomic E-state index is 6.00. The quantitative estimate of drug-likeness (QED) is 0.444. The summed E-state index contributed by atoms with van der Waals surface area (Å²) in [5.41, 5.74) is 0. The summed E-state index contributed by atoms with van der Waals surface area (Å²) in [6.45, 7) is 5.39. The lowest BCUT2D eigenvalue weighted by Gasteiger charge is -2.37. The number of rotatable bonds is 6. The average Bonchev–Trinajstić information content (AvgIpc) is 2.49. The molecule has 2 aliphatic carbocycles. The summed E-state index contributed by atoms with van der Waals surface area (Å²) in [7, 11) is 0. The molecule has 0 aromatic rings. The Kier molecular flexibility index (Phi) is 7.13. The fraction of sp³-hybridized carbons (Fsp3) is 0.895. The first-order valence-electron chi connectivity index (χ1n) is 9.07. The van der Waals surface area contributed by atoms with Crippen molar-refractivity contribution < 1.29 is 4.74 Å². The Morgan fingerprint density at radius 3 is 2.05 bits per heavy atom. The van der Waals surface area contributed by atoms with Crippen LogP contribution in [0.25, 0.3) is 0 Å². The molecule has 2 aliphatic rings. The third kappa shape index (κ3) is 4.91. The summed E-state index contributed by atoms with van der Waals surface area (Å²) in [6.07, 6.45) is 19.0. The second-order valence-corrected chi connectivity index (χ2v) is 6.96. The zero-order valence-corrected chi connectivity index (χ0v) is 13.7. The molecule has 2 saturated carbocycles. The molecule has 20 heavy (non-hydrogen) atoms. The molecule has 0 radical (unpaired) electrons. The molecule has 0 saturated heterocycles. The van der Waals surface area contributed by atoms with Crippen molar-refractivity contribution in [2.45, 2.75) is 84.2 Å². The topological polar surface area (TPSA) is 9.23 Å². The van der Waals surface area contributed by atoms with E-state index in [4.69, 9.17) is 4.74 Å². The highest BCUT2D eigenvalue weighted by atomic mass is 16.5. The van der Waals surface area contributed by atoms with E-state index in [1.54, 1.807) is 0 Å². The Morgan fingerprint density at radius 1 is 0.900 bits per heavy atom. The van der Waals surface area contributed by atoms with Gasteiger partial charge in [-0.3, -0.25) is 0 Å². The molecule has 0 spiro atoms. The molecule has 0 unspecified atom stereocenters. The summed E-state index contributed by atoms with van der Waals surface area (Å²) in [5, 5.41) is 0. The fourth-order valence-corrected chi connectivity index (χ4v) is 4.20. The minimum atomic E-state index is 0.581. The van der Waals surface area contributed by atoms with Crippen molar-refractivity contribution in [2.75, 3.05) is 6.61 Å². The SMILES string of the molecule is C/C=C/[C@H]1CC[C@H]([C@H]2CC[C@H](OCCCC)CC2)CC1. The van der Waals surface area contributed by atoms with Crippen LogP contribution in [0.4, 0.5) is 0 Å². The number of allylic oxidation sites excluding steroid dienone is 2. The van der Waals surface area contributed by atoms with Gasteiger partial charge in [0.2, 0.25) is 0 Å². The Bertz CT molecular complexity index is 267. The van der Waals surface area contributed by atoms with Crippen molar-refractivity contribution >= 4 is 0 Å². The van der Waals surface area contributed by atoms with Gasteiger partial charge in [-0.25, -0.2) is 0 Å². The molecule has 0 heterocycles. The van der Waals surface area contributed by atoms with Gasteiger partial charge in [0.05, 0.1) is 6.10 Å². The Morgan fingerprint density at radius 2 is 1.50 bits per heavy atom. The van der Waals surface area contributed by atoms with Gasteiger partial charge < -0.3 is 4.74 Å². The highest BCUT2D eigenvalue weighted by Gasteiger charge is 2.30. The van der Waals surface area contributed by atoms with Crippen LogP contribution in [0.3, 0.4) is 0 Å². The fourth-order valence-electron chi connectivity index (χ4n) is 4.20. The minimum Gasteiger partial charge on any atom is -0.378 e. The standard InChI is InChI=1S/C19H34O/c1-3-5-15-20-19-13-11-18(12-14-19)17-9-7-16(6-4-2)8-10-17/h4,6,16-19H,3,5,7-15H2,1-2H3/b6-4+/t16-,17-,18-,19-. The van der Waals surface area contributed by atoms with Crippen LogP contribution in [0.15, 0.2) is 12.2 Å². The molecule has 0 bridgehead atoms. The van der Waals surface area contributed by atoms with E-state index in [1.165, 1.54) is 64.2 Å². The van der Waals surface area contributed by atoms with Crippen LogP contribution in [0.2, 0.25) is 0 Å². The predicted octanol–water partition coefficient (Wildman–Crippen LogP) is 5.74. The lowest BCUT2D eigenvalue weighted by molar-refractivity contribution is 0.00645. The number of unbranched alkanes of at least 4 members (excludes halogenated alkanes) is 1. The monoisotopic (exact) mass is 278 g/mol. The molecule has 0 N–H and O–H groups in total. The van der Waals surface area contributed by atoms with E-state index < -0.39 is 0 Å². The molecule has 1 nitrogen and oxygen atoms in total. The number of hydrogen-bond acceptors (Lipinski definition) is 1. The minimum absolute atomic E-state index is 0.581. The summed E-state index contributed by atoms with van der Waals surface area (Å²) < 4.78 is 6.00. The predicted molar refractivity (Wildman–Crippen MR) is 86.9 cm³/mol. The van der Waals surface area contributed by atoms with Crippen molar-refractivity contribution in [3.63, 3.8) is 0 Å². The van der Waals surface area contributed by atoms with Gasteiger partial charge in [-0.1, -0.05) is 25.5 Å². The van der Waals surface area contributed by atoms with Crippen molar-refractivity contribution in [1.29, 1.82) is 0 Å². The van der Waals surface area contributed by atoms with E-state index in [1.807, 2.05) is 0 Å². The van der Waals surface area contributed by atoms with E-state index in [9.17, 15) is 0 Å². The van der Waals surface area contributed by atoms with Crippen molar-refractivity contribution in [3.8, 4) is 0 Å². The molecule has 0 aromatic carbocycles. The molecule has 2 rings (SSSR count). The Hall–Kier alpha value is -0.300. The third-order valence-electron chi connectivity index (χ3n) is 5.52. The summed E-state index contributed by atoms with van der Waals surface area (Å²) in [5.74, 6) is 2.91. The summed E-state index contributed by atoms with van der Waals surface area (Å²) >= 11 is 0. The maximum Gasteiger partial charge on any atom is 0.0575 e. The first-order chi connectivity index (χ1) is 9.83. The third-order valence-corrected chi connectivity index (χ3v) is 5.52. The molecule has 0 aliphatic heterocycles. The lowest BCUT2D eigenvalue weighted by atomic mass is 9.70. The molecule has 0 aromatic heterocycles. The highest BCUT2D eigenvalue weighted by molar-refractivity contribution is 4.90. The van der Waals surface area contributed by atoms with Gasteiger partial charge in [0.15, 0.2) is 0 Å². The Labute approximate surface area is 126 Å². The Balaban J connectivity index is 1.64. The van der Waals surface area contributed by atoms with Crippen molar-refractivity contribution in [3.05, 3.63) is 12.2 Å². The second-order valence-electron chi connectivity index (χ2n) is 6.96. The van der Waals surface area contributed by atoms with Gasteiger partial charge in [-0.05, 0) is 82.5 Å². The van der Waals surface area contributed by atoms with Crippen molar-refractivity contribution in [2.24, 2.45) is 17.8 Å². The normalized spacial score (nSPS) is 35.5. The second kappa shape index (κ2) is 8.87. The molecule has 2 fully saturated rings. The van der Waals surface area contributed by atoms with Gasteiger partial charge in [0, 0.05) is 6.61 Å². The van der Waals surface area contributed by atoms with Gasteiger partial charge in [0.25, 0.3) is 0 Å². The van der Waals surface area contributed by atoms with E-state index in [-0.39, 0.29) is 0 Å². The van der Waals surface area contributed by atoms with E-state index in [2.05, 4.69) is 26.0 Å². The van der Waals surface area contributed by atoms with Crippen LogP contribution in [0.5, 0.6) is 0 Å². The number of ether oxygens (including phenoxy) is 1. The van der Waals surface area contributed by atoms with Crippen LogP contribution < -0.4 is 0 Å². The number of hydrogen-bond donors (Lipinski definition) is 0. The molecule has 116 valence electrons. The average molecular weight is 278 g/mol. The van der Waals surface area contributed by atoms with Gasteiger partial charge in [0.1, 0.15) is 0 Å². The van der Waals surface area contributed by atoms with Crippen molar-refractivity contribution in [1.82, 2.24) is 0 Å². The van der Waals surface area contributed by atoms with Crippen LogP contribution in [-0.2, 0) is 4.74 Å². The maximum absolute atomic E-state index is 6.00. The zero-order chi connectivity index (χ0) is 14.2. The van der Waals surface area contributed by atoms with Gasteiger partial charge in [-0.2, -0.15) is 0 Å². The molecular formula is C19H34O. The van der Waals surface area contributed by atoms with E-state index >= 15 is 0 Å². The lowest BCUT2D eigenvalue weighted by Crippen LogP contribution is -2.28. The molecule has 0 amide bonds. The summed E-state index contributed by atoms with van der Waals surface area (Å²) in [6, 6.07) is 0.